The lowest BCUT2D eigenvalue weighted by atomic mass is 10.1. The van der Waals surface area contributed by atoms with Crippen molar-refractivity contribution in [2.75, 3.05) is 19.4 Å². The molecule has 0 radical (unpaired) electrons. The third-order valence-corrected chi connectivity index (χ3v) is 5.02. The predicted molar refractivity (Wildman–Crippen MR) is 87.4 cm³/mol. The molecule has 0 aliphatic heterocycles. The Bertz CT molecular complexity index is 708. The molecule has 9 heteroatoms. The van der Waals surface area contributed by atoms with Crippen molar-refractivity contribution in [3.8, 4) is 5.75 Å². The van der Waals surface area contributed by atoms with Crippen LogP contribution in [0, 0.1) is 0 Å². The first-order valence-corrected chi connectivity index (χ1v) is 10.4. The van der Waals surface area contributed by atoms with E-state index < -0.39 is 25.7 Å². The van der Waals surface area contributed by atoms with Gasteiger partial charge in [-0.2, -0.15) is 8.42 Å². The van der Waals surface area contributed by atoms with Gasteiger partial charge in [-0.3, -0.25) is 4.18 Å². The Morgan fingerprint density at radius 1 is 1.09 bits per heavy atom. The molecule has 0 fully saturated rings. The summed E-state index contributed by atoms with van der Waals surface area (Å²) in [7, 11) is -6.97. The molecule has 0 aliphatic rings. The van der Waals surface area contributed by atoms with Crippen molar-refractivity contribution in [1.29, 1.82) is 0 Å². The zero-order valence-corrected chi connectivity index (χ0v) is 15.3. The average molecular weight is 365 g/mol. The van der Waals surface area contributed by atoms with E-state index >= 15 is 0 Å². The zero-order valence-electron chi connectivity index (χ0n) is 13.7. The Hall–Kier alpha value is -1.16. The second-order valence-corrected chi connectivity index (χ2v) is 9.02. The maximum Gasteiger partial charge on any atom is 0.264 e. The smallest absolute Gasteiger partial charge is 0.264 e. The molecule has 23 heavy (non-hydrogen) atoms. The van der Waals surface area contributed by atoms with E-state index in [0.29, 0.717) is 18.7 Å². The first-order chi connectivity index (χ1) is 10.5. The van der Waals surface area contributed by atoms with E-state index in [2.05, 4.69) is 4.72 Å². The fraction of sp³-hybridized carbons (Fsp3) is 0.571. The van der Waals surface area contributed by atoms with E-state index in [1.807, 2.05) is 0 Å². The van der Waals surface area contributed by atoms with Gasteiger partial charge in [-0.1, -0.05) is 6.92 Å². The summed E-state index contributed by atoms with van der Waals surface area (Å²) in [4.78, 5) is 0.157. The molecule has 132 valence electrons. The van der Waals surface area contributed by atoms with E-state index in [1.165, 1.54) is 12.1 Å². The van der Waals surface area contributed by atoms with Gasteiger partial charge in [0.2, 0.25) is 10.0 Å². The van der Waals surface area contributed by atoms with Crippen LogP contribution in [0.3, 0.4) is 0 Å². The van der Waals surface area contributed by atoms with Crippen LogP contribution in [0.5, 0.6) is 5.75 Å². The molecule has 0 atom stereocenters. The fourth-order valence-electron chi connectivity index (χ4n) is 1.77. The maximum absolute atomic E-state index is 11.8. The van der Waals surface area contributed by atoms with Crippen molar-refractivity contribution in [3.63, 3.8) is 0 Å². The first kappa shape index (κ1) is 19.9. The molecular weight excluding hydrogens is 342 g/mol. The van der Waals surface area contributed by atoms with Crippen LogP contribution < -0.4 is 9.46 Å². The summed E-state index contributed by atoms with van der Waals surface area (Å²) < 4.78 is 58.4. The minimum absolute atomic E-state index is 0.0126. The Kier molecular flexibility index (Phi) is 6.58. The highest BCUT2D eigenvalue weighted by atomic mass is 32.2. The van der Waals surface area contributed by atoms with Crippen LogP contribution in [0.25, 0.3) is 0 Å². The quantitative estimate of drug-likeness (QED) is 0.666. The van der Waals surface area contributed by atoms with Crippen molar-refractivity contribution >= 4 is 20.1 Å². The molecule has 1 rings (SSSR count). The molecular formula is C14H23NO6S2. The highest BCUT2D eigenvalue weighted by Gasteiger charge is 2.21. The average Bonchev–Trinajstić information content (AvgIpc) is 2.36. The number of hydrogen-bond donors (Lipinski definition) is 1. The maximum atomic E-state index is 11.8. The Labute approximate surface area is 138 Å². The molecule has 0 aromatic heterocycles. The lowest BCUT2D eigenvalue weighted by Crippen LogP contribution is -2.30. The molecule has 1 N–H and O–H groups in total. The Balaban J connectivity index is 2.70. The second kappa shape index (κ2) is 7.61. The van der Waals surface area contributed by atoms with Crippen LogP contribution in [0.4, 0.5) is 0 Å². The van der Waals surface area contributed by atoms with Gasteiger partial charge < -0.3 is 4.74 Å². The monoisotopic (exact) mass is 365 g/mol. The molecule has 0 saturated carbocycles. The number of nitrogens with one attached hydrogen (secondary N) is 1. The minimum atomic E-state index is -3.49. The van der Waals surface area contributed by atoms with Crippen LogP contribution >= 0.6 is 0 Å². The number of hydrogen-bond acceptors (Lipinski definition) is 6. The molecule has 0 saturated heterocycles. The molecule has 0 amide bonds. The normalized spacial score (nSPS) is 13.0. The van der Waals surface area contributed by atoms with E-state index in [9.17, 15) is 16.8 Å². The summed E-state index contributed by atoms with van der Waals surface area (Å²) >= 11 is 0. The van der Waals surface area contributed by atoms with Gasteiger partial charge in [0.1, 0.15) is 11.4 Å². The summed E-state index contributed by atoms with van der Waals surface area (Å²) in [5, 5.41) is 0. The highest BCUT2D eigenvalue weighted by Crippen LogP contribution is 2.23. The van der Waals surface area contributed by atoms with Crippen molar-refractivity contribution in [2.45, 2.75) is 37.7 Å². The van der Waals surface area contributed by atoms with E-state index in [-0.39, 0.29) is 11.5 Å². The Morgan fingerprint density at radius 2 is 1.65 bits per heavy atom. The molecule has 0 aliphatic carbocycles. The van der Waals surface area contributed by atoms with Gasteiger partial charge in [0.15, 0.2) is 0 Å². The number of benzene rings is 1. The molecule has 0 heterocycles. The fourth-order valence-corrected chi connectivity index (χ4v) is 3.20. The second-order valence-electron chi connectivity index (χ2n) is 5.61. The molecule has 1 aromatic carbocycles. The highest BCUT2D eigenvalue weighted by molar-refractivity contribution is 7.89. The van der Waals surface area contributed by atoms with E-state index in [1.54, 1.807) is 32.9 Å². The van der Waals surface area contributed by atoms with Crippen molar-refractivity contribution in [1.82, 2.24) is 4.72 Å². The number of sulfonamides is 1. The zero-order chi connectivity index (χ0) is 17.7. The SMILES string of the molecule is CCNS(=O)(=O)c1ccc(OC(C)(C)CCOS(C)(=O)=O)cc1. The standard InChI is InChI=1S/C14H23NO6S2/c1-5-15-23(18,19)13-8-6-12(7-9-13)21-14(2,3)10-11-20-22(4,16)17/h6-9,15H,5,10-11H2,1-4H3. The van der Waals surface area contributed by atoms with Crippen LogP contribution in [0.2, 0.25) is 0 Å². The van der Waals surface area contributed by atoms with Gasteiger partial charge in [0.05, 0.1) is 17.8 Å². The summed E-state index contributed by atoms with van der Waals surface area (Å²) in [6, 6.07) is 6.03. The van der Waals surface area contributed by atoms with Crippen molar-refractivity contribution in [2.24, 2.45) is 0 Å². The number of rotatable bonds is 9. The number of ether oxygens (including phenoxy) is 1. The summed E-state index contributed by atoms with van der Waals surface area (Å²) in [5.74, 6) is 0.491. The predicted octanol–water partition coefficient (Wildman–Crippen LogP) is 1.51. The molecule has 7 nitrogen and oxygen atoms in total. The Morgan fingerprint density at radius 3 is 2.13 bits per heavy atom. The summed E-state index contributed by atoms with van der Waals surface area (Å²) in [6.45, 7) is 5.62. The molecule has 0 bridgehead atoms. The van der Waals surface area contributed by atoms with Crippen molar-refractivity contribution in [3.05, 3.63) is 24.3 Å². The van der Waals surface area contributed by atoms with Crippen molar-refractivity contribution < 1.29 is 25.8 Å². The summed E-state index contributed by atoms with van der Waals surface area (Å²) in [5.41, 5.74) is -0.660. The van der Waals surface area contributed by atoms with Crippen LogP contribution in [0.15, 0.2) is 29.2 Å². The van der Waals surface area contributed by atoms with Crippen LogP contribution in [-0.2, 0) is 24.3 Å². The van der Waals surface area contributed by atoms with Crippen LogP contribution in [0.1, 0.15) is 27.2 Å². The van der Waals surface area contributed by atoms with Gasteiger partial charge in [-0.05, 0) is 38.1 Å². The molecule has 0 unspecified atom stereocenters. The minimum Gasteiger partial charge on any atom is -0.488 e. The summed E-state index contributed by atoms with van der Waals surface area (Å²) in [6.07, 6.45) is 1.35. The largest absolute Gasteiger partial charge is 0.488 e. The van der Waals surface area contributed by atoms with Crippen LogP contribution in [-0.4, -0.2) is 41.8 Å². The third kappa shape index (κ3) is 7.30. The van der Waals surface area contributed by atoms with E-state index in [0.717, 1.165) is 6.26 Å². The first-order valence-electron chi connectivity index (χ1n) is 7.08. The molecule has 0 spiro atoms. The topological polar surface area (TPSA) is 98.8 Å². The third-order valence-electron chi connectivity index (χ3n) is 2.86. The van der Waals surface area contributed by atoms with Gasteiger partial charge in [0.25, 0.3) is 10.1 Å². The lowest BCUT2D eigenvalue weighted by Gasteiger charge is -2.26. The molecule has 1 aromatic rings. The van der Waals surface area contributed by atoms with Gasteiger partial charge in [0, 0.05) is 13.0 Å². The lowest BCUT2D eigenvalue weighted by molar-refractivity contribution is 0.0824. The van der Waals surface area contributed by atoms with E-state index in [4.69, 9.17) is 8.92 Å². The van der Waals surface area contributed by atoms with Gasteiger partial charge in [-0.15, -0.1) is 0 Å². The van der Waals surface area contributed by atoms with Gasteiger partial charge >= 0.3 is 0 Å². The van der Waals surface area contributed by atoms with Gasteiger partial charge in [-0.25, -0.2) is 13.1 Å².